The highest BCUT2D eigenvalue weighted by Crippen LogP contribution is 2.32. The fourth-order valence-corrected chi connectivity index (χ4v) is 1.86. The average Bonchev–Trinajstić information content (AvgIpc) is 2.48. The first-order valence-corrected chi connectivity index (χ1v) is 6.28. The number of hydrogen-bond donors (Lipinski definition) is 5. The minimum absolute atomic E-state index is 0.114. The van der Waals surface area contributed by atoms with Gasteiger partial charge in [0.1, 0.15) is 6.10 Å². The van der Waals surface area contributed by atoms with Gasteiger partial charge in [-0.2, -0.15) is 0 Å². The Balaban J connectivity index is 2.20. The average molecular weight is 292 g/mol. The Labute approximate surface area is 121 Å². The highest BCUT2D eigenvalue weighted by Gasteiger charge is 2.24. The highest BCUT2D eigenvalue weighted by atomic mass is 16.5. The Morgan fingerprint density at radius 1 is 0.905 bits per heavy atom. The third kappa shape index (κ3) is 3.36. The molecule has 2 unspecified atom stereocenters. The van der Waals surface area contributed by atoms with Gasteiger partial charge in [-0.1, -0.05) is 18.2 Å². The molecule has 0 heterocycles. The van der Waals surface area contributed by atoms with E-state index < -0.39 is 18.8 Å². The maximum Gasteiger partial charge on any atom is 0.161 e. The van der Waals surface area contributed by atoms with Crippen LogP contribution in [0.5, 0.6) is 23.0 Å². The van der Waals surface area contributed by atoms with Crippen LogP contribution in [-0.2, 0) is 0 Å². The zero-order valence-corrected chi connectivity index (χ0v) is 11.0. The molecule has 112 valence electrons. The molecule has 2 aromatic carbocycles. The Bertz CT molecular complexity index is 613. The fourth-order valence-electron chi connectivity index (χ4n) is 1.86. The number of rotatable bonds is 5. The summed E-state index contributed by atoms with van der Waals surface area (Å²) in [5.41, 5.74) is 0.264. The van der Waals surface area contributed by atoms with Crippen molar-refractivity contribution in [1.29, 1.82) is 0 Å². The van der Waals surface area contributed by atoms with Crippen LogP contribution in [0.25, 0.3) is 0 Å². The van der Waals surface area contributed by atoms with Crippen molar-refractivity contribution >= 4 is 0 Å². The van der Waals surface area contributed by atoms with Crippen LogP contribution < -0.4 is 4.74 Å². The van der Waals surface area contributed by atoms with Crippen molar-refractivity contribution in [3.05, 3.63) is 48.0 Å². The first kappa shape index (κ1) is 15.0. The van der Waals surface area contributed by atoms with Crippen LogP contribution in [0.15, 0.2) is 42.5 Å². The second kappa shape index (κ2) is 6.34. The van der Waals surface area contributed by atoms with E-state index in [0.717, 1.165) is 0 Å². The lowest BCUT2D eigenvalue weighted by Gasteiger charge is -2.23. The standard InChI is InChI=1S/C15H16O6/c16-8-14(21-13-4-2-1-3-11(13)18)15(20)9-5-6-10(17)12(19)7-9/h1-7,14-20H,8H2. The van der Waals surface area contributed by atoms with Crippen LogP contribution in [0.1, 0.15) is 11.7 Å². The molecule has 6 nitrogen and oxygen atoms in total. The van der Waals surface area contributed by atoms with E-state index in [1.807, 2.05) is 0 Å². The van der Waals surface area contributed by atoms with Gasteiger partial charge in [0.05, 0.1) is 6.61 Å². The van der Waals surface area contributed by atoms with Crippen LogP contribution in [-0.4, -0.2) is 38.2 Å². The van der Waals surface area contributed by atoms with E-state index in [9.17, 15) is 25.5 Å². The minimum Gasteiger partial charge on any atom is -0.504 e. The summed E-state index contributed by atoms with van der Waals surface area (Å²) in [5.74, 6) is -0.686. The Kier molecular flexibility index (Phi) is 4.52. The quantitative estimate of drug-likeness (QED) is 0.531. The van der Waals surface area contributed by atoms with Crippen molar-refractivity contribution in [2.75, 3.05) is 6.61 Å². The SMILES string of the molecule is OCC(Oc1ccccc1O)C(O)c1ccc(O)c(O)c1. The first-order chi connectivity index (χ1) is 10.0. The molecule has 2 atom stereocenters. The summed E-state index contributed by atoms with van der Waals surface area (Å²) in [5, 5.41) is 47.9. The van der Waals surface area contributed by atoms with Crippen molar-refractivity contribution < 1.29 is 30.3 Å². The monoisotopic (exact) mass is 292 g/mol. The highest BCUT2D eigenvalue weighted by molar-refractivity contribution is 5.42. The van der Waals surface area contributed by atoms with Gasteiger partial charge < -0.3 is 30.3 Å². The molecule has 0 spiro atoms. The van der Waals surface area contributed by atoms with Gasteiger partial charge in [0.15, 0.2) is 29.1 Å². The van der Waals surface area contributed by atoms with Gasteiger partial charge in [0, 0.05) is 0 Å². The van der Waals surface area contributed by atoms with E-state index in [4.69, 9.17) is 4.74 Å². The molecule has 0 amide bonds. The molecule has 0 saturated heterocycles. The fraction of sp³-hybridized carbons (Fsp3) is 0.200. The van der Waals surface area contributed by atoms with Gasteiger partial charge >= 0.3 is 0 Å². The number of aliphatic hydroxyl groups is 2. The molecule has 0 bridgehead atoms. The van der Waals surface area contributed by atoms with Crippen molar-refractivity contribution in [3.63, 3.8) is 0 Å². The molecule has 0 aliphatic carbocycles. The summed E-state index contributed by atoms with van der Waals surface area (Å²) in [6.45, 7) is -0.503. The maximum absolute atomic E-state index is 10.2. The molecule has 2 rings (SSSR count). The van der Waals surface area contributed by atoms with Crippen LogP contribution in [0, 0.1) is 0 Å². The van der Waals surface area contributed by atoms with Crippen LogP contribution in [0.3, 0.4) is 0 Å². The van der Waals surface area contributed by atoms with Crippen molar-refractivity contribution in [3.8, 4) is 23.0 Å². The van der Waals surface area contributed by atoms with Gasteiger partial charge in [-0.3, -0.25) is 0 Å². The molecule has 0 aliphatic heterocycles. The second-order valence-corrected chi connectivity index (χ2v) is 4.50. The Hall–Kier alpha value is -2.44. The molecular formula is C15H16O6. The first-order valence-electron chi connectivity index (χ1n) is 6.28. The summed E-state index contributed by atoms with van der Waals surface area (Å²) in [7, 11) is 0. The molecule has 6 heteroatoms. The lowest BCUT2D eigenvalue weighted by Crippen LogP contribution is -2.29. The second-order valence-electron chi connectivity index (χ2n) is 4.50. The normalized spacial score (nSPS) is 13.6. The van der Waals surface area contributed by atoms with Crippen molar-refractivity contribution in [2.45, 2.75) is 12.2 Å². The number of ether oxygens (including phenoxy) is 1. The van der Waals surface area contributed by atoms with Gasteiger partial charge in [-0.05, 0) is 29.8 Å². The van der Waals surface area contributed by atoms with E-state index in [-0.39, 0.29) is 28.6 Å². The topological polar surface area (TPSA) is 110 Å². The van der Waals surface area contributed by atoms with Crippen molar-refractivity contribution in [2.24, 2.45) is 0 Å². The molecule has 2 aromatic rings. The molecule has 0 saturated carbocycles. The smallest absolute Gasteiger partial charge is 0.161 e. The number of para-hydroxylation sites is 2. The van der Waals surface area contributed by atoms with E-state index >= 15 is 0 Å². The lowest BCUT2D eigenvalue weighted by atomic mass is 10.0. The van der Waals surface area contributed by atoms with E-state index in [1.165, 1.54) is 30.3 Å². The zero-order valence-electron chi connectivity index (χ0n) is 11.0. The molecule has 5 N–H and O–H groups in total. The maximum atomic E-state index is 10.2. The van der Waals surface area contributed by atoms with Gasteiger partial charge in [-0.25, -0.2) is 0 Å². The van der Waals surface area contributed by atoms with Crippen LogP contribution in [0.2, 0.25) is 0 Å². The molecule has 0 fully saturated rings. The molecule has 0 radical (unpaired) electrons. The molecule has 0 aromatic heterocycles. The van der Waals surface area contributed by atoms with Gasteiger partial charge in [0.2, 0.25) is 0 Å². The van der Waals surface area contributed by atoms with E-state index in [1.54, 1.807) is 12.1 Å². The van der Waals surface area contributed by atoms with Crippen LogP contribution in [0.4, 0.5) is 0 Å². The lowest BCUT2D eigenvalue weighted by molar-refractivity contribution is -0.000489. The summed E-state index contributed by atoms with van der Waals surface area (Å²) in [6, 6.07) is 9.98. The largest absolute Gasteiger partial charge is 0.504 e. The predicted molar refractivity (Wildman–Crippen MR) is 74.3 cm³/mol. The molecular weight excluding hydrogens is 276 g/mol. The number of benzene rings is 2. The third-order valence-electron chi connectivity index (χ3n) is 3.02. The Morgan fingerprint density at radius 2 is 1.62 bits per heavy atom. The minimum atomic E-state index is -1.25. The van der Waals surface area contributed by atoms with Crippen molar-refractivity contribution in [1.82, 2.24) is 0 Å². The number of hydrogen-bond acceptors (Lipinski definition) is 6. The molecule has 21 heavy (non-hydrogen) atoms. The number of aliphatic hydroxyl groups excluding tert-OH is 2. The third-order valence-corrected chi connectivity index (χ3v) is 3.02. The number of phenols is 3. The molecule has 0 aliphatic rings. The van der Waals surface area contributed by atoms with Gasteiger partial charge in [0.25, 0.3) is 0 Å². The van der Waals surface area contributed by atoms with Crippen LogP contribution >= 0.6 is 0 Å². The summed E-state index contributed by atoms with van der Waals surface area (Å²) < 4.78 is 5.39. The predicted octanol–water partition coefficient (Wildman–Crippen LogP) is 1.28. The van der Waals surface area contributed by atoms with Gasteiger partial charge in [-0.15, -0.1) is 0 Å². The Morgan fingerprint density at radius 3 is 2.24 bits per heavy atom. The zero-order chi connectivity index (χ0) is 15.4. The van der Waals surface area contributed by atoms with E-state index in [0.29, 0.717) is 0 Å². The summed E-state index contributed by atoms with van der Waals surface area (Å²) >= 11 is 0. The summed E-state index contributed by atoms with van der Waals surface area (Å²) in [6.07, 6.45) is -2.29. The number of aromatic hydroxyl groups is 3. The number of phenolic OH excluding ortho intramolecular Hbond substituents is 3. The van der Waals surface area contributed by atoms with E-state index in [2.05, 4.69) is 0 Å². The summed E-state index contributed by atoms with van der Waals surface area (Å²) in [4.78, 5) is 0.